The van der Waals surface area contributed by atoms with Crippen LogP contribution in [0.3, 0.4) is 0 Å². The van der Waals surface area contributed by atoms with E-state index < -0.39 is 0 Å². The molecule has 0 spiro atoms. The molecular weight excluding hydrogens is 335 g/mol. The van der Waals surface area contributed by atoms with Crippen molar-refractivity contribution in [3.8, 4) is 0 Å². The second-order valence-corrected chi connectivity index (χ2v) is 11.9. The molecule has 1 aromatic rings. The first-order valence-corrected chi connectivity index (χ1v) is 10.5. The van der Waals surface area contributed by atoms with Crippen molar-refractivity contribution in [1.29, 1.82) is 0 Å². The van der Waals surface area contributed by atoms with Crippen molar-refractivity contribution in [1.82, 2.24) is 9.80 Å². The molecule has 0 saturated carbocycles. The molecule has 148 valence electrons. The minimum absolute atomic E-state index is 0.104. The maximum Gasteiger partial charge on any atom is 0.0903 e. The van der Waals surface area contributed by atoms with E-state index in [-0.39, 0.29) is 16.2 Å². The second kappa shape index (κ2) is 7.74. The van der Waals surface area contributed by atoms with E-state index in [0.717, 1.165) is 0 Å². The third-order valence-electron chi connectivity index (χ3n) is 4.60. The number of nitrogens with zero attached hydrogens (tertiary/aromatic N) is 2. The number of benzene rings is 1. The molecule has 2 nitrogen and oxygen atoms in total. The predicted molar refractivity (Wildman–Crippen MR) is 121 cm³/mol. The molecule has 0 unspecified atom stereocenters. The van der Waals surface area contributed by atoms with Crippen LogP contribution in [0.4, 0.5) is 0 Å². The van der Waals surface area contributed by atoms with Gasteiger partial charge >= 0.3 is 0 Å². The van der Waals surface area contributed by atoms with Gasteiger partial charge in [0.25, 0.3) is 0 Å². The van der Waals surface area contributed by atoms with Crippen LogP contribution >= 0.6 is 8.20 Å². The number of rotatable bonds is 3. The van der Waals surface area contributed by atoms with Crippen molar-refractivity contribution >= 4 is 19.1 Å². The first-order valence-electron chi connectivity index (χ1n) is 9.59. The third kappa shape index (κ3) is 5.65. The predicted octanol–water partition coefficient (Wildman–Crippen LogP) is 5.36. The summed E-state index contributed by atoms with van der Waals surface area (Å²) in [5.74, 6) is 0. The molecule has 0 saturated heterocycles. The molecule has 0 aliphatic rings. The van der Waals surface area contributed by atoms with Crippen LogP contribution in [0.15, 0.2) is 12.1 Å². The molecule has 0 atom stereocenters. The maximum absolute atomic E-state index is 2.46. The van der Waals surface area contributed by atoms with Gasteiger partial charge in [-0.3, -0.25) is 9.80 Å². The SMILES string of the molecule is CN(C)C(=Pc1c(C(C)(C)C)cc(C(C)(C)C)cc1C(C)(C)C)N(C)C. The minimum atomic E-state index is 0.104. The molecule has 0 fully saturated rings. The molecule has 26 heavy (non-hydrogen) atoms. The van der Waals surface area contributed by atoms with Crippen LogP contribution in [0.25, 0.3) is 0 Å². The van der Waals surface area contributed by atoms with Crippen molar-refractivity contribution in [3.63, 3.8) is 0 Å². The van der Waals surface area contributed by atoms with E-state index in [9.17, 15) is 0 Å². The number of hydrogen-bond acceptors (Lipinski definition) is 0. The fraction of sp³-hybridized carbons (Fsp3) is 0.696. The van der Waals surface area contributed by atoms with E-state index in [0.29, 0.717) is 0 Å². The minimum Gasteiger partial charge on any atom is -0.268 e. The van der Waals surface area contributed by atoms with Crippen molar-refractivity contribution in [3.05, 3.63) is 28.8 Å². The van der Waals surface area contributed by atoms with Gasteiger partial charge < -0.3 is 0 Å². The average Bonchev–Trinajstić information content (AvgIpc) is 2.39. The monoisotopic (exact) mass is 376 g/mol. The molecule has 3 heteroatoms. The summed E-state index contributed by atoms with van der Waals surface area (Å²) in [6.45, 7) is 21.0. The van der Waals surface area contributed by atoms with Gasteiger partial charge in [-0.15, -0.1) is 0 Å². The Balaban J connectivity index is 4.00. The first kappa shape index (κ1) is 23.3. The molecular formula is C23H41N2P. The van der Waals surface area contributed by atoms with Crippen LogP contribution in [0.5, 0.6) is 0 Å². The van der Waals surface area contributed by atoms with Crippen molar-refractivity contribution in [2.45, 2.75) is 78.6 Å². The first-order chi connectivity index (χ1) is 11.5. The fourth-order valence-electron chi connectivity index (χ4n) is 3.03. The van der Waals surface area contributed by atoms with E-state index in [2.05, 4.69) is 112 Å². The lowest BCUT2D eigenvalue weighted by atomic mass is 9.75. The van der Waals surface area contributed by atoms with Crippen LogP contribution in [0.2, 0.25) is 0 Å². The van der Waals surface area contributed by atoms with Crippen LogP contribution in [0, 0.1) is 0 Å². The summed E-state index contributed by atoms with van der Waals surface area (Å²) in [5.41, 5.74) is 6.04. The van der Waals surface area contributed by atoms with Gasteiger partial charge in [0.05, 0.1) is 5.54 Å². The van der Waals surface area contributed by atoms with Crippen LogP contribution in [-0.4, -0.2) is 43.5 Å². The lowest BCUT2D eigenvalue weighted by Crippen LogP contribution is -2.36. The Labute approximate surface area is 164 Å². The molecule has 1 aromatic carbocycles. The fourth-order valence-corrected chi connectivity index (χ4v) is 4.67. The highest BCUT2D eigenvalue weighted by atomic mass is 31.1. The van der Waals surface area contributed by atoms with E-state index in [1.807, 2.05) is 0 Å². The van der Waals surface area contributed by atoms with E-state index in [4.69, 9.17) is 0 Å². The Bertz CT molecular complexity index is 618. The van der Waals surface area contributed by atoms with Gasteiger partial charge in [0.15, 0.2) is 0 Å². The van der Waals surface area contributed by atoms with Gasteiger partial charge in [-0.1, -0.05) is 74.4 Å². The standard InChI is InChI=1S/C23H41N2P/c1-21(2,3)16-14-17(22(4,5)6)19(18(15-16)23(7,8)9)26-20(24(10)11)25(12)13/h14-15H,1-13H3. The largest absolute Gasteiger partial charge is 0.268 e. The normalized spacial score (nSPS) is 13.8. The summed E-state index contributed by atoms with van der Waals surface area (Å²) < 4.78 is 0. The summed E-state index contributed by atoms with van der Waals surface area (Å²) in [6.07, 6.45) is 0. The second-order valence-electron chi connectivity index (χ2n) is 10.9. The van der Waals surface area contributed by atoms with E-state index in [1.165, 1.54) is 35.7 Å². The van der Waals surface area contributed by atoms with Gasteiger partial charge in [0, 0.05) is 5.30 Å². The summed E-state index contributed by atoms with van der Waals surface area (Å²) >= 11 is 0. The van der Waals surface area contributed by atoms with Gasteiger partial charge in [-0.2, -0.15) is 0 Å². The molecule has 0 N–H and O–H groups in total. The van der Waals surface area contributed by atoms with E-state index in [1.54, 1.807) is 0 Å². The highest BCUT2D eigenvalue weighted by Gasteiger charge is 2.29. The topological polar surface area (TPSA) is 6.48 Å². The van der Waals surface area contributed by atoms with Crippen LogP contribution in [0.1, 0.15) is 79.0 Å². The lowest BCUT2D eigenvalue weighted by Gasteiger charge is -2.33. The van der Waals surface area contributed by atoms with E-state index >= 15 is 0 Å². The van der Waals surface area contributed by atoms with Crippen molar-refractivity contribution in [2.24, 2.45) is 0 Å². The van der Waals surface area contributed by atoms with Gasteiger partial charge in [0.1, 0.15) is 0 Å². The maximum atomic E-state index is 2.46. The van der Waals surface area contributed by atoms with Gasteiger partial charge in [-0.05, 0) is 69.3 Å². The lowest BCUT2D eigenvalue weighted by molar-refractivity contribution is 0.500. The quantitative estimate of drug-likeness (QED) is 0.655. The molecule has 0 radical (unpaired) electrons. The molecule has 0 heterocycles. The van der Waals surface area contributed by atoms with Crippen molar-refractivity contribution in [2.75, 3.05) is 28.2 Å². The Hall–Kier alpha value is -0.690. The van der Waals surface area contributed by atoms with Gasteiger partial charge in [0.2, 0.25) is 0 Å². The molecule has 0 bridgehead atoms. The Morgan fingerprint density at radius 1 is 0.654 bits per heavy atom. The van der Waals surface area contributed by atoms with Crippen LogP contribution < -0.4 is 5.30 Å². The summed E-state index contributed by atoms with van der Waals surface area (Å²) in [4.78, 5) is 4.47. The summed E-state index contributed by atoms with van der Waals surface area (Å²) in [5, 5.41) is 1.47. The molecule has 0 aromatic heterocycles. The highest BCUT2D eigenvalue weighted by molar-refractivity contribution is 7.49. The zero-order chi connectivity index (χ0) is 20.7. The molecule has 0 amide bonds. The number of hydrogen-bond donors (Lipinski definition) is 0. The van der Waals surface area contributed by atoms with Gasteiger partial charge in [-0.25, -0.2) is 0 Å². The summed E-state index contributed by atoms with van der Waals surface area (Å²) in [6, 6.07) is 4.92. The average molecular weight is 377 g/mol. The molecule has 0 aliphatic carbocycles. The Kier molecular flexibility index (Phi) is 6.95. The zero-order valence-corrected chi connectivity index (χ0v) is 20.4. The van der Waals surface area contributed by atoms with Crippen LogP contribution in [-0.2, 0) is 16.2 Å². The highest BCUT2D eigenvalue weighted by Crippen LogP contribution is 2.35. The third-order valence-corrected chi connectivity index (χ3v) is 6.31. The zero-order valence-electron chi connectivity index (χ0n) is 19.5. The smallest absolute Gasteiger partial charge is 0.0903 e. The summed E-state index contributed by atoms with van der Waals surface area (Å²) in [7, 11) is 9.83. The Morgan fingerprint density at radius 2 is 1.00 bits per heavy atom. The Morgan fingerprint density at radius 3 is 1.23 bits per heavy atom. The molecule has 1 rings (SSSR count). The van der Waals surface area contributed by atoms with Crippen molar-refractivity contribution < 1.29 is 0 Å². The molecule has 0 aliphatic heterocycles.